The molecule has 2 fully saturated rings. The summed E-state index contributed by atoms with van der Waals surface area (Å²) in [4.78, 5) is 2.64. The van der Waals surface area contributed by atoms with Crippen LogP contribution in [0.2, 0.25) is 0 Å². The van der Waals surface area contributed by atoms with E-state index in [1.54, 1.807) is 11.1 Å². The molecule has 4 rings (SSSR count). The highest BCUT2D eigenvalue weighted by molar-refractivity contribution is 5.53. The van der Waals surface area contributed by atoms with Gasteiger partial charge in [0, 0.05) is 24.2 Å². The highest BCUT2D eigenvalue weighted by Crippen LogP contribution is 2.55. The Morgan fingerprint density at radius 1 is 1.25 bits per heavy atom. The molecule has 108 valence electrons. The molecule has 3 aliphatic rings. The van der Waals surface area contributed by atoms with Gasteiger partial charge in [0.25, 0.3) is 0 Å². The van der Waals surface area contributed by atoms with Gasteiger partial charge in [-0.1, -0.05) is 18.9 Å². The van der Waals surface area contributed by atoms with Crippen LogP contribution in [0.15, 0.2) is 18.2 Å². The van der Waals surface area contributed by atoms with Crippen LogP contribution >= 0.6 is 0 Å². The van der Waals surface area contributed by atoms with Crippen molar-refractivity contribution in [2.24, 2.45) is 5.92 Å². The Kier molecular flexibility index (Phi) is 2.85. The third kappa shape index (κ3) is 1.60. The van der Waals surface area contributed by atoms with E-state index < -0.39 is 0 Å². The number of fused-ring (bicyclic) bond motifs is 1. The van der Waals surface area contributed by atoms with E-state index >= 15 is 0 Å². The first-order valence-electron chi connectivity index (χ1n) is 8.26. The van der Waals surface area contributed by atoms with Crippen molar-refractivity contribution in [1.29, 1.82) is 0 Å². The largest absolute Gasteiger partial charge is 0.388 e. The summed E-state index contributed by atoms with van der Waals surface area (Å²) in [5, 5.41) is 3.34. The highest BCUT2D eigenvalue weighted by atomic mass is 15.1. The molecule has 0 radical (unpaired) electrons. The van der Waals surface area contributed by atoms with Crippen molar-refractivity contribution in [1.82, 2.24) is 4.90 Å². The van der Waals surface area contributed by atoms with E-state index in [9.17, 15) is 0 Å². The van der Waals surface area contributed by atoms with Crippen LogP contribution in [-0.4, -0.2) is 31.6 Å². The molecule has 0 amide bonds. The third-order valence-electron chi connectivity index (χ3n) is 6.40. The van der Waals surface area contributed by atoms with Crippen LogP contribution in [-0.2, 0) is 11.8 Å². The maximum atomic E-state index is 3.34. The maximum Gasteiger partial charge on any atom is 0.0340 e. The normalized spacial score (nSPS) is 36.1. The molecule has 2 aliphatic carbocycles. The van der Waals surface area contributed by atoms with E-state index in [0.29, 0.717) is 5.41 Å². The van der Waals surface area contributed by atoms with Crippen molar-refractivity contribution < 1.29 is 0 Å². The standard InChI is InChI=1S/C18H26N2/c1-19-14-7-6-13-11-17-15-5-3-4-8-18(15,16(13)12-14)9-10-20(17)2/h6-7,12,15,17,19H,3-5,8-11H2,1-2H3/t15-,17-,18-/m0/s1. The van der Waals surface area contributed by atoms with Crippen molar-refractivity contribution in [2.45, 2.75) is 50.0 Å². The molecule has 1 aliphatic heterocycles. The molecule has 20 heavy (non-hydrogen) atoms. The van der Waals surface area contributed by atoms with Crippen molar-refractivity contribution >= 4 is 5.69 Å². The minimum Gasteiger partial charge on any atom is -0.388 e. The van der Waals surface area contributed by atoms with Gasteiger partial charge in [-0.15, -0.1) is 0 Å². The van der Waals surface area contributed by atoms with Crippen LogP contribution < -0.4 is 5.32 Å². The van der Waals surface area contributed by atoms with E-state index in [0.717, 1.165) is 12.0 Å². The Hall–Kier alpha value is -1.02. The average molecular weight is 270 g/mol. The second-order valence-corrected chi connectivity index (χ2v) is 7.13. The molecule has 3 atom stereocenters. The lowest BCUT2D eigenvalue weighted by atomic mass is 9.52. The quantitative estimate of drug-likeness (QED) is 0.841. The number of likely N-dealkylation sites (N-methyl/N-ethyl adjacent to an activating group) is 1. The van der Waals surface area contributed by atoms with Gasteiger partial charge in [-0.2, -0.15) is 0 Å². The number of benzene rings is 1. The zero-order valence-corrected chi connectivity index (χ0v) is 12.8. The van der Waals surface area contributed by atoms with Crippen molar-refractivity contribution in [3.8, 4) is 0 Å². The molecule has 2 heteroatoms. The van der Waals surface area contributed by atoms with E-state index in [-0.39, 0.29) is 0 Å². The van der Waals surface area contributed by atoms with E-state index in [1.807, 2.05) is 7.05 Å². The zero-order valence-electron chi connectivity index (χ0n) is 12.8. The van der Waals surface area contributed by atoms with Gasteiger partial charge in [-0.05, 0) is 68.5 Å². The molecular weight excluding hydrogens is 244 g/mol. The SMILES string of the molecule is CNc1ccc2c(c1)[C@]13CCCC[C@H]1[C@H](C2)N(C)CC3. The summed E-state index contributed by atoms with van der Waals surface area (Å²) in [6.45, 7) is 1.28. The van der Waals surface area contributed by atoms with Crippen molar-refractivity contribution in [3.05, 3.63) is 29.3 Å². The highest BCUT2D eigenvalue weighted by Gasteiger charge is 2.52. The minimum atomic E-state index is 0.496. The summed E-state index contributed by atoms with van der Waals surface area (Å²) in [7, 11) is 4.38. The monoisotopic (exact) mass is 270 g/mol. The number of nitrogens with zero attached hydrogens (tertiary/aromatic N) is 1. The van der Waals surface area contributed by atoms with Crippen LogP contribution in [0, 0.1) is 5.92 Å². The Bertz CT molecular complexity index is 524. The molecule has 1 saturated heterocycles. The van der Waals surface area contributed by atoms with Gasteiger partial charge < -0.3 is 10.2 Å². The number of nitrogens with one attached hydrogen (secondary N) is 1. The second-order valence-electron chi connectivity index (χ2n) is 7.13. The molecule has 1 aromatic rings. The van der Waals surface area contributed by atoms with E-state index in [2.05, 4.69) is 35.5 Å². The number of piperidine rings is 1. The summed E-state index contributed by atoms with van der Waals surface area (Å²) in [5.41, 5.74) is 5.10. The molecule has 0 unspecified atom stereocenters. The van der Waals surface area contributed by atoms with E-state index in [1.165, 1.54) is 50.8 Å². The van der Waals surface area contributed by atoms with Gasteiger partial charge >= 0.3 is 0 Å². The summed E-state index contributed by atoms with van der Waals surface area (Å²) in [6.07, 6.45) is 8.36. The summed E-state index contributed by atoms with van der Waals surface area (Å²) in [5.74, 6) is 0.898. The average Bonchev–Trinajstić information content (AvgIpc) is 2.50. The Labute approximate surface area is 122 Å². The van der Waals surface area contributed by atoms with Crippen molar-refractivity contribution in [3.63, 3.8) is 0 Å². The first kappa shape index (κ1) is 12.7. The van der Waals surface area contributed by atoms with Gasteiger partial charge in [-0.3, -0.25) is 0 Å². The van der Waals surface area contributed by atoms with Gasteiger partial charge in [0.15, 0.2) is 0 Å². The second kappa shape index (κ2) is 4.49. The fraction of sp³-hybridized carbons (Fsp3) is 0.667. The lowest BCUT2D eigenvalue weighted by Crippen LogP contribution is -2.59. The number of hydrogen-bond acceptors (Lipinski definition) is 2. The first-order chi connectivity index (χ1) is 9.74. The van der Waals surface area contributed by atoms with Gasteiger partial charge in [0.2, 0.25) is 0 Å². The minimum absolute atomic E-state index is 0.496. The Morgan fingerprint density at radius 3 is 3.00 bits per heavy atom. The van der Waals surface area contributed by atoms with Gasteiger partial charge in [0.05, 0.1) is 0 Å². The van der Waals surface area contributed by atoms with Gasteiger partial charge in [0.1, 0.15) is 0 Å². The fourth-order valence-electron chi connectivity index (χ4n) is 5.35. The fourth-order valence-corrected chi connectivity index (χ4v) is 5.35. The predicted molar refractivity (Wildman–Crippen MR) is 84.4 cm³/mol. The summed E-state index contributed by atoms with van der Waals surface area (Å²) < 4.78 is 0. The number of hydrogen-bond donors (Lipinski definition) is 1. The zero-order chi connectivity index (χ0) is 13.7. The molecule has 0 aromatic heterocycles. The Morgan fingerprint density at radius 2 is 2.15 bits per heavy atom. The molecule has 1 N–H and O–H groups in total. The maximum absolute atomic E-state index is 3.34. The van der Waals surface area contributed by atoms with Crippen molar-refractivity contribution in [2.75, 3.05) is 26.0 Å². The smallest absolute Gasteiger partial charge is 0.0340 e. The number of anilines is 1. The third-order valence-corrected chi connectivity index (χ3v) is 6.40. The number of likely N-dealkylation sites (tertiary alicyclic amines) is 1. The molecule has 0 spiro atoms. The Balaban J connectivity index is 1.88. The topological polar surface area (TPSA) is 15.3 Å². The van der Waals surface area contributed by atoms with E-state index in [4.69, 9.17) is 0 Å². The van der Waals surface area contributed by atoms with Crippen LogP contribution in [0.4, 0.5) is 5.69 Å². The predicted octanol–water partition coefficient (Wildman–Crippen LogP) is 3.42. The van der Waals surface area contributed by atoms with Crippen LogP contribution in [0.5, 0.6) is 0 Å². The molecule has 1 heterocycles. The molecule has 2 nitrogen and oxygen atoms in total. The lowest BCUT2D eigenvalue weighted by Gasteiger charge is -2.58. The lowest BCUT2D eigenvalue weighted by molar-refractivity contribution is 0.00290. The first-order valence-corrected chi connectivity index (χ1v) is 8.26. The van der Waals surface area contributed by atoms with Crippen LogP contribution in [0.1, 0.15) is 43.2 Å². The summed E-state index contributed by atoms with van der Waals surface area (Å²) >= 11 is 0. The van der Waals surface area contributed by atoms with Crippen LogP contribution in [0.3, 0.4) is 0 Å². The number of rotatable bonds is 1. The molecule has 1 saturated carbocycles. The molecule has 2 bridgehead atoms. The van der Waals surface area contributed by atoms with Crippen LogP contribution in [0.25, 0.3) is 0 Å². The van der Waals surface area contributed by atoms with Gasteiger partial charge in [-0.25, -0.2) is 0 Å². The molecule has 1 aromatic carbocycles. The molecular formula is C18H26N2. The summed E-state index contributed by atoms with van der Waals surface area (Å²) in [6, 6.07) is 7.90.